The highest BCUT2D eigenvalue weighted by atomic mass is 15.4. The fraction of sp³-hybridized carbons (Fsp3) is 0.364. The molecule has 0 saturated heterocycles. The van der Waals surface area contributed by atoms with Crippen molar-refractivity contribution >= 4 is 0 Å². The molecule has 0 radical (unpaired) electrons. The van der Waals surface area contributed by atoms with Gasteiger partial charge in [0, 0.05) is 18.9 Å². The number of rotatable bonds is 5. The van der Waals surface area contributed by atoms with E-state index in [0.717, 1.165) is 18.5 Å². The lowest BCUT2D eigenvalue weighted by Crippen LogP contribution is -2.34. The van der Waals surface area contributed by atoms with Gasteiger partial charge < -0.3 is 0 Å². The molecule has 0 aromatic carbocycles. The summed E-state index contributed by atoms with van der Waals surface area (Å²) in [5.41, 5.74) is 1.14. The van der Waals surface area contributed by atoms with Gasteiger partial charge in [0.1, 0.15) is 0 Å². The Morgan fingerprint density at radius 2 is 2.50 bits per heavy atom. The molecule has 1 unspecified atom stereocenters. The highest BCUT2D eigenvalue weighted by Crippen LogP contribution is 2.20. The van der Waals surface area contributed by atoms with Gasteiger partial charge in [-0.05, 0) is 18.1 Å². The highest BCUT2D eigenvalue weighted by molar-refractivity contribution is 5.14. The number of nitrogens with two attached hydrogens (primary N) is 1. The van der Waals surface area contributed by atoms with E-state index in [9.17, 15) is 0 Å². The maximum absolute atomic E-state index is 5.89. The molecule has 1 aromatic rings. The van der Waals surface area contributed by atoms with Gasteiger partial charge in [-0.15, -0.1) is 6.58 Å². The van der Waals surface area contributed by atoms with E-state index in [1.165, 1.54) is 0 Å². The second-order valence-corrected chi connectivity index (χ2v) is 3.16. The summed E-state index contributed by atoms with van der Waals surface area (Å²) in [4.78, 5) is 4.09. The van der Waals surface area contributed by atoms with Crippen molar-refractivity contribution in [3.63, 3.8) is 0 Å². The van der Waals surface area contributed by atoms with Gasteiger partial charge in [-0.1, -0.05) is 19.1 Å². The number of nitrogens with zero attached hydrogens (tertiary/aromatic N) is 2. The first-order valence-corrected chi connectivity index (χ1v) is 4.81. The Labute approximate surface area is 85.2 Å². The zero-order valence-electron chi connectivity index (χ0n) is 8.56. The van der Waals surface area contributed by atoms with Crippen LogP contribution in [0.2, 0.25) is 0 Å². The van der Waals surface area contributed by atoms with Crippen molar-refractivity contribution in [3.05, 3.63) is 42.7 Å². The summed E-state index contributed by atoms with van der Waals surface area (Å²) >= 11 is 0. The molecule has 3 heteroatoms. The van der Waals surface area contributed by atoms with Crippen molar-refractivity contribution < 1.29 is 0 Å². The van der Waals surface area contributed by atoms with E-state index in [1.807, 2.05) is 31.3 Å². The number of hydrogen-bond acceptors (Lipinski definition) is 3. The molecule has 1 heterocycles. The number of hydrogen-bond donors (Lipinski definition) is 1. The molecular weight excluding hydrogens is 174 g/mol. The van der Waals surface area contributed by atoms with Crippen LogP contribution in [0, 0.1) is 0 Å². The second-order valence-electron chi connectivity index (χ2n) is 3.16. The van der Waals surface area contributed by atoms with E-state index >= 15 is 0 Å². The Balaban J connectivity index is 2.82. The van der Waals surface area contributed by atoms with E-state index in [0.29, 0.717) is 0 Å². The third-order valence-corrected chi connectivity index (χ3v) is 2.22. The van der Waals surface area contributed by atoms with Gasteiger partial charge in [0.2, 0.25) is 0 Å². The maximum Gasteiger partial charge on any atom is 0.0539 e. The lowest BCUT2D eigenvalue weighted by molar-refractivity contribution is 0.214. The van der Waals surface area contributed by atoms with Crippen LogP contribution in [-0.4, -0.2) is 16.5 Å². The molecule has 0 aliphatic heterocycles. The van der Waals surface area contributed by atoms with Gasteiger partial charge in [0.15, 0.2) is 0 Å². The molecule has 1 rings (SSSR count). The van der Waals surface area contributed by atoms with Crippen LogP contribution in [-0.2, 0) is 0 Å². The minimum Gasteiger partial charge on any atom is -0.268 e. The van der Waals surface area contributed by atoms with Gasteiger partial charge >= 0.3 is 0 Å². The lowest BCUT2D eigenvalue weighted by Gasteiger charge is -2.25. The molecule has 0 bridgehead atoms. The van der Waals surface area contributed by atoms with E-state index in [-0.39, 0.29) is 6.04 Å². The van der Waals surface area contributed by atoms with Crippen LogP contribution < -0.4 is 5.84 Å². The van der Waals surface area contributed by atoms with Crippen molar-refractivity contribution in [1.82, 2.24) is 9.99 Å². The van der Waals surface area contributed by atoms with Crippen molar-refractivity contribution in [2.75, 3.05) is 6.54 Å². The fourth-order valence-corrected chi connectivity index (χ4v) is 1.41. The molecule has 0 spiro atoms. The molecule has 0 fully saturated rings. The van der Waals surface area contributed by atoms with Crippen molar-refractivity contribution in [1.29, 1.82) is 0 Å². The third-order valence-electron chi connectivity index (χ3n) is 2.22. The molecule has 1 aromatic heterocycles. The van der Waals surface area contributed by atoms with Gasteiger partial charge in [0.25, 0.3) is 0 Å². The molecule has 3 nitrogen and oxygen atoms in total. The standard InChI is InChI=1S/C11H17N3/c1-3-6-11(14(12)4-2)10-7-5-8-13-9-10/h3,5,7-9,11H,1,4,6,12H2,2H3. The van der Waals surface area contributed by atoms with Gasteiger partial charge in [-0.2, -0.15) is 0 Å². The molecule has 0 amide bonds. The van der Waals surface area contributed by atoms with Crippen LogP contribution in [0.25, 0.3) is 0 Å². The number of pyridine rings is 1. The fourth-order valence-electron chi connectivity index (χ4n) is 1.41. The van der Waals surface area contributed by atoms with Crippen molar-refractivity contribution in [2.24, 2.45) is 5.84 Å². The molecule has 76 valence electrons. The second kappa shape index (κ2) is 5.52. The predicted molar refractivity (Wildman–Crippen MR) is 58.4 cm³/mol. The van der Waals surface area contributed by atoms with Gasteiger partial charge in [-0.3, -0.25) is 10.8 Å². The minimum atomic E-state index is 0.186. The Hall–Kier alpha value is -1.19. The quantitative estimate of drug-likeness (QED) is 0.439. The summed E-state index contributed by atoms with van der Waals surface area (Å²) in [5, 5.41) is 1.80. The number of aromatic nitrogens is 1. The smallest absolute Gasteiger partial charge is 0.0539 e. The largest absolute Gasteiger partial charge is 0.268 e. The maximum atomic E-state index is 5.89. The summed E-state index contributed by atoms with van der Waals surface area (Å²) in [7, 11) is 0. The average molecular weight is 191 g/mol. The minimum absolute atomic E-state index is 0.186. The molecule has 0 aliphatic carbocycles. The molecule has 1 atom stereocenters. The SMILES string of the molecule is C=CCC(c1cccnc1)N(N)CC. The van der Waals surface area contributed by atoms with Gasteiger partial charge in [-0.25, -0.2) is 5.01 Å². The van der Waals surface area contributed by atoms with Crippen LogP contribution in [0.4, 0.5) is 0 Å². The van der Waals surface area contributed by atoms with Crippen LogP contribution in [0.15, 0.2) is 37.2 Å². The highest BCUT2D eigenvalue weighted by Gasteiger charge is 2.14. The summed E-state index contributed by atoms with van der Waals surface area (Å²) in [6.45, 7) is 6.59. The summed E-state index contributed by atoms with van der Waals surface area (Å²) in [6.07, 6.45) is 6.34. The summed E-state index contributed by atoms with van der Waals surface area (Å²) in [6, 6.07) is 4.15. The van der Waals surface area contributed by atoms with Crippen LogP contribution >= 0.6 is 0 Å². The van der Waals surface area contributed by atoms with E-state index in [2.05, 4.69) is 11.6 Å². The normalized spacial score (nSPS) is 12.8. The predicted octanol–water partition coefficient (Wildman–Crippen LogP) is 1.89. The molecular formula is C11H17N3. The molecule has 0 saturated carbocycles. The number of hydrazine groups is 1. The Bertz CT molecular complexity index is 271. The Kier molecular flexibility index (Phi) is 4.29. The Morgan fingerprint density at radius 1 is 1.71 bits per heavy atom. The molecule has 0 aliphatic rings. The first-order chi connectivity index (χ1) is 6.79. The Morgan fingerprint density at radius 3 is 3.00 bits per heavy atom. The summed E-state index contributed by atoms with van der Waals surface area (Å²) < 4.78 is 0. The lowest BCUT2D eigenvalue weighted by atomic mass is 10.1. The molecule has 14 heavy (non-hydrogen) atoms. The molecule has 2 N–H and O–H groups in total. The van der Waals surface area contributed by atoms with Gasteiger partial charge in [0.05, 0.1) is 6.04 Å². The first kappa shape index (κ1) is 10.9. The van der Waals surface area contributed by atoms with E-state index in [4.69, 9.17) is 5.84 Å². The van der Waals surface area contributed by atoms with Crippen molar-refractivity contribution in [2.45, 2.75) is 19.4 Å². The van der Waals surface area contributed by atoms with E-state index < -0.39 is 0 Å². The summed E-state index contributed by atoms with van der Waals surface area (Å²) in [5.74, 6) is 5.89. The van der Waals surface area contributed by atoms with E-state index in [1.54, 1.807) is 11.2 Å². The first-order valence-electron chi connectivity index (χ1n) is 4.81. The van der Waals surface area contributed by atoms with Crippen LogP contribution in [0.1, 0.15) is 24.9 Å². The van der Waals surface area contributed by atoms with Crippen LogP contribution in [0.5, 0.6) is 0 Å². The topological polar surface area (TPSA) is 42.2 Å². The van der Waals surface area contributed by atoms with Crippen LogP contribution in [0.3, 0.4) is 0 Å². The van der Waals surface area contributed by atoms with Crippen molar-refractivity contribution in [3.8, 4) is 0 Å². The zero-order chi connectivity index (χ0) is 10.4. The average Bonchev–Trinajstić information content (AvgIpc) is 2.26. The zero-order valence-corrected chi connectivity index (χ0v) is 8.56. The monoisotopic (exact) mass is 191 g/mol. The third kappa shape index (κ3) is 2.65.